The smallest absolute Gasteiger partial charge is 0.307 e. The SMILES string of the molecule is CCc1ccccc1N(CC(=O)Nc1ccc2c(c1)sc(=O)n2C)S(C)(=O)=O. The van der Waals surface area contributed by atoms with Gasteiger partial charge in [0.05, 0.1) is 22.2 Å². The van der Waals surface area contributed by atoms with Crippen LogP contribution in [0.2, 0.25) is 0 Å². The van der Waals surface area contributed by atoms with Crippen LogP contribution in [0.5, 0.6) is 0 Å². The van der Waals surface area contributed by atoms with Crippen LogP contribution in [0.1, 0.15) is 12.5 Å². The van der Waals surface area contributed by atoms with Crippen molar-refractivity contribution in [1.82, 2.24) is 4.57 Å². The molecule has 0 spiro atoms. The number of benzene rings is 2. The molecule has 0 aliphatic rings. The molecule has 0 saturated heterocycles. The summed E-state index contributed by atoms with van der Waals surface area (Å²) in [6.07, 6.45) is 1.73. The van der Waals surface area contributed by atoms with Gasteiger partial charge in [0, 0.05) is 12.7 Å². The number of thiazole rings is 1. The molecule has 0 unspecified atom stereocenters. The van der Waals surface area contributed by atoms with Crippen LogP contribution in [-0.4, -0.2) is 31.7 Å². The van der Waals surface area contributed by atoms with E-state index in [1.807, 2.05) is 19.1 Å². The molecule has 0 bridgehead atoms. The van der Waals surface area contributed by atoms with Crippen molar-refractivity contribution in [3.8, 4) is 0 Å². The highest BCUT2D eigenvalue weighted by atomic mass is 32.2. The average Bonchev–Trinajstić information content (AvgIpc) is 2.92. The van der Waals surface area contributed by atoms with Crippen LogP contribution >= 0.6 is 11.3 Å². The molecule has 2 aromatic carbocycles. The van der Waals surface area contributed by atoms with Crippen molar-refractivity contribution < 1.29 is 13.2 Å². The van der Waals surface area contributed by atoms with E-state index in [1.54, 1.807) is 41.9 Å². The molecule has 0 aliphatic carbocycles. The molecule has 3 aromatic rings. The number of amides is 1. The Morgan fingerprint density at radius 3 is 2.61 bits per heavy atom. The lowest BCUT2D eigenvalue weighted by Gasteiger charge is -2.24. The van der Waals surface area contributed by atoms with E-state index < -0.39 is 15.9 Å². The van der Waals surface area contributed by atoms with Gasteiger partial charge >= 0.3 is 4.87 Å². The first-order chi connectivity index (χ1) is 13.2. The number of anilines is 2. The molecule has 28 heavy (non-hydrogen) atoms. The number of nitrogens with zero attached hydrogens (tertiary/aromatic N) is 2. The van der Waals surface area contributed by atoms with Crippen molar-refractivity contribution in [2.75, 3.05) is 22.4 Å². The lowest BCUT2D eigenvalue weighted by atomic mass is 10.1. The molecule has 0 atom stereocenters. The summed E-state index contributed by atoms with van der Waals surface area (Å²) in [7, 11) is -1.96. The zero-order valence-corrected chi connectivity index (χ0v) is 17.4. The standard InChI is InChI=1S/C19H21N3O4S2/c1-4-13-7-5-6-8-15(13)22(28(3,25)26)12-18(23)20-14-9-10-16-17(11-14)27-19(24)21(16)2/h5-11H,4,12H2,1-3H3,(H,20,23). The number of nitrogens with one attached hydrogen (secondary N) is 1. The zero-order chi connectivity index (χ0) is 20.5. The molecule has 0 saturated carbocycles. The number of aryl methyl sites for hydroxylation is 2. The topological polar surface area (TPSA) is 88.5 Å². The molecule has 0 fully saturated rings. The van der Waals surface area contributed by atoms with Gasteiger partial charge in [0.15, 0.2) is 0 Å². The minimum Gasteiger partial charge on any atom is -0.324 e. The van der Waals surface area contributed by atoms with Crippen LogP contribution in [-0.2, 0) is 28.3 Å². The summed E-state index contributed by atoms with van der Waals surface area (Å²) in [4.78, 5) is 24.3. The quantitative estimate of drug-likeness (QED) is 0.665. The van der Waals surface area contributed by atoms with Crippen molar-refractivity contribution in [2.45, 2.75) is 13.3 Å². The Morgan fingerprint density at radius 2 is 1.93 bits per heavy atom. The Hall–Kier alpha value is -2.65. The molecule has 9 heteroatoms. The number of carbonyl (C=O) groups excluding carboxylic acids is 1. The van der Waals surface area contributed by atoms with E-state index in [0.29, 0.717) is 17.8 Å². The van der Waals surface area contributed by atoms with Crippen molar-refractivity contribution in [3.63, 3.8) is 0 Å². The number of fused-ring (bicyclic) bond motifs is 1. The second kappa shape index (κ2) is 7.76. The third-order valence-electron chi connectivity index (χ3n) is 4.40. The highest BCUT2D eigenvalue weighted by molar-refractivity contribution is 7.92. The Kier molecular flexibility index (Phi) is 5.57. The third kappa shape index (κ3) is 4.10. The molecule has 1 N–H and O–H groups in total. The second-order valence-electron chi connectivity index (χ2n) is 6.41. The Balaban J connectivity index is 1.86. The van der Waals surface area contributed by atoms with E-state index in [0.717, 1.165) is 37.7 Å². The van der Waals surface area contributed by atoms with Gasteiger partial charge in [-0.15, -0.1) is 0 Å². The van der Waals surface area contributed by atoms with Crippen molar-refractivity contribution >= 4 is 48.9 Å². The van der Waals surface area contributed by atoms with Gasteiger partial charge in [0.2, 0.25) is 15.9 Å². The van der Waals surface area contributed by atoms with Gasteiger partial charge in [0.25, 0.3) is 0 Å². The summed E-state index contributed by atoms with van der Waals surface area (Å²) in [5.41, 5.74) is 2.63. The maximum absolute atomic E-state index is 12.6. The van der Waals surface area contributed by atoms with Crippen LogP contribution in [0.4, 0.5) is 11.4 Å². The molecule has 148 valence electrons. The van der Waals surface area contributed by atoms with E-state index >= 15 is 0 Å². The molecule has 7 nitrogen and oxygen atoms in total. The summed E-state index contributed by atoms with van der Waals surface area (Å²) >= 11 is 1.09. The van der Waals surface area contributed by atoms with E-state index in [2.05, 4.69) is 5.32 Å². The highest BCUT2D eigenvalue weighted by Crippen LogP contribution is 2.24. The lowest BCUT2D eigenvalue weighted by Crippen LogP contribution is -2.38. The number of rotatable bonds is 6. The van der Waals surface area contributed by atoms with Crippen LogP contribution in [0, 0.1) is 0 Å². The van der Waals surface area contributed by atoms with Gasteiger partial charge in [0.1, 0.15) is 6.54 Å². The minimum atomic E-state index is -3.64. The maximum atomic E-state index is 12.6. The predicted octanol–water partition coefficient (Wildman–Crippen LogP) is 2.57. The molecular weight excluding hydrogens is 398 g/mol. The highest BCUT2D eigenvalue weighted by Gasteiger charge is 2.22. The maximum Gasteiger partial charge on any atom is 0.307 e. The number of hydrogen-bond acceptors (Lipinski definition) is 5. The van der Waals surface area contributed by atoms with Crippen LogP contribution < -0.4 is 14.5 Å². The molecular formula is C19H21N3O4S2. The summed E-state index contributed by atoms with van der Waals surface area (Å²) in [6.45, 7) is 1.60. The van der Waals surface area contributed by atoms with Gasteiger partial charge in [-0.1, -0.05) is 36.5 Å². The molecule has 1 aromatic heterocycles. The van der Waals surface area contributed by atoms with E-state index in [-0.39, 0.29) is 11.4 Å². The molecule has 3 rings (SSSR count). The van der Waals surface area contributed by atoms with Gasteiger partial charge < -0.3 is 9.88 Å². The summed E-state index contributed by atoms with van der Waals surface area (Å²) in [6, 6.07) is 12.3. The number of aromatic nitrogens is 1. The van der Waals surface area contributed by atoms with Gasteiger partial charge in [-0.05, 0) is 36.2 Å². The summed E-state index contributed by atoms with van der Waals surface area (Å²) in [5.74, 6) is -0.459. The number of para-hydroxylation sites is 1. The average molecular weight is 420 g/mol. The second-order valence-corrected chi connectivity index (χ2v) is 9.31. The molecule has 0 aliphatic heterocycles. The Bertz CT molecular complexity index is 1200. The summed E-state index contributed by atoms with van der Waals surface area (Å²) in [5, 5.41) is 2.72. The van der Waals surface area contributed by atoms with Gasteiger partial charge in [-0.3, -0.25) is 13.9 Å². The van der Waals surface area contributed by atoms with Gasteiger partial charge in [-0.2, -0.15) is 0 Å². The van der Waals surface area contributed by atoms with E-state index in [9.17, 15) is 18.0 Å². The molecule has 1 amide bonds. The predicted molar refractivity (Wildman–Crippen MR) is 114 cm³/mol. The van der Waals surface area contributed by atoms with E-state index in [4.69, 9.17) is 0 Å². The van der Waals surface area contributed by atoms with Crippen molar-refractivity contribution in [3.05, 3.63) is 57.7 Å². The van der Waals surface area contributed by atoms with Crippen LogP contribution in [0.15, 0.2) is 47.3 Å². The van der Waals surface area contributed by atoms with Crippen LogP contribution in [0.3, 0.4) is 0 Å². The Morgan fingerprint density at radius 1 is 1.21 bits per heavy atom. The first-order valence-electron chi connectivity index (χ1n) is 8.65. The normalized spacial score (nSPS) is 11.5. The van der Waals surface area contributed by atoms with Crippen molar-refractivity contribution in [2.24, 2.45) is 7.05 Å². The zero-order valence-electron chi connectivity index (χ0n) is 15.8. The van der Waals surface area contributed by atoms with Crippen LogP contribution in [0.25, 0.3) is 10.2 Å². The van der Waals surface area contributed by atoms with E-state index in [1.165, 1.54) is 0 Å². The number of carbonyl (C=O) groups is 1. The van der Waals surface area contributed by atoms with Crippen molar-refractivity contribution in [1.29, 1.82) is 0 Å². The number of hydrogen-bond donors (Lipinski definition) is 1. The number of sulfonamides is 1. The molecule has 1 heterocycles. The monoisotopic (exact) mass is 419 g/mol. The fraction of sp³-hybridized carbons (Fsp3) is 0.263. The lowest BCUT2D eigenvalue weighted by molar-refractivity contribution is -0.114. The fourth-order valence-corrected chi connectivity index (χ4v) is 4.78. The first kappa shape index (κ1) is 20.1. The summed E-state index contributed by atoms with van der Waals surface area (Å²) < 4.78 is 28.0. The minimum absolute atomic E-state index is 0.0853. The molecule has 0 radical (unpaired) electrons. The Labute approximate surface area is 167 Å². The van der Waals surface area contributed by atoms with Gasteiger partial charge in [-0.25, -0.2) is 8.42 Å². The fourth-order valence-electron chi connectivity index (χ4n) is 2.98. The largest absolute Gasteiger partial charge is 0.324 e. The third-order valence-corrected chi connectivity index (χ3v) is 6.53. The first-order valence-corrected chi connectivity index (χ1v) is 11.3.